The van der Waals surface area contributed by atoms with E-state index in [9.17, 15) is 0 Å². The Hall–Kier alpha value is -1.03. The molecule has 14 heavy (non-hydrogen) atoms. The smallest absolute Gasteiger partial charge is 0.0726 e. The van der Waals surface area contributed by atoms with E-state index < -0.39 is 0 Å². The second-order valence-corrected chi connectivity index (χ2v) is 3.80. The zero-order valence-corrected chi connectivity index (χ0v) is 9.03. The number of nitrogens with zero attached hydrogens (tertiary/aromatic N) is 2. The Balaban J connectivity index is 2.04. The first kappa shape index (κ1) is 11.0. The van der Waals surface area contributed by atoms with Gasteiger partial charge in [-0.3, -0.25) is 4.68 Å². The lowest BCUT2D eigenvalue weighted by molar-refractivity contribution is 0.607. The zero-order valence-electron chi connectivity index (χ0n) is 9.03. The van der Waals surface area contributed by atoms with Gasteiger partial charge in [0.15, 0.2) is 0 Å². The molecule has 0 bridgehead atoms. The van der Waals surface area contributed by atoms with Crippen molar-refractivity contribution in [1.82, 2.24) is 9.78 Å². The van der Waals surface area contributed by atoms with Crippen molar-refractivity contribution in [2.24, 2.45) is 12.8 Å². The number of hydrogen-bond donors (Lipinski definition) is 2. The van der Waals surface area contributed by atoms with Gasteiger partial charge in [0, 0.05) is 25.8 Å². The van der Waals surface area contributed by atoms with Crippen LogP contribution in [0.2, 0.25) is 0 Å². The third kappa shape index (κ3) is 4.28. The van der Waals surface area contributed by atoms with Crippen LogP contribution >= 0.6 is 0 Å². The summed E-state index contributed by atoms with van der Waals surface area (Å²) in [6, 6.07) is 0.327. The number of rotatable bonds is 6. The Morgan fingerprint density at radius 3 is 2.93 bits per heavy atom. The van der Waals surface area contributed by atoms with E-state index in [1.165, 1.54) is 6.42 Å². The summed E-state index contributed by atoms with van der Waals surface area (Å²) in [6.07, 6.45) is 7.27. The van der Waals surface area contributed by atoms with Crippen molar-refractivity contribution in [3.63, 3.8) is 0 Å². The van der Waals surface area contributed by atoms with Crippen molar-refractivity contribution in [3.8, 4) is 0 Å². The number of hydrogen-bond acceptors (Lipinski definition) is 3. The molecule has 0 fully saturated rings. The van der Waals surface area contributed by atoms with E-state index in [2.05, 4.69) is 17.3 Å². The minimum Gasteiger partial charge on any atom is -0.383 e. The summed E-state index contributed by atoms with van der Waals surface area (Å²) in [7, 11) is 1.92. The van der Waals surface area contributed by atoms with E-state index in [0.29, 0.717) is 6.04 Å². The molecule has 0 aliphatic rings. The highest BCUT2D eigenvalue weighted by Gasteiger charge is 1.96. The van der Waals surface area contributed by atoms with Gasteiger partial charge in [-0.25, -0.2) is 0 Å². The molecule has 1 rings (SSSR count). The summed E-state index contributed by atoms with van der Waals surface area (Å²) >= 11 is 0. The molecule has 1 unspecified atom stereocenters. The third-order valence-corrected chi connectivity index (χ3v) is 2.12. The Labute approximate surface area is 85.5 Å². The van der Waals surface area contributed by atoms with E-state index in [4.69, 9.17) is 5.73 Å². The second-order valence-electron chi connectivity index (χ2n) is 3.80. The Morgan fingerprint density at radius 2 is 2.36 bits per heavy atom. The van der Waals surface area contributed by atoms with Crippen LogP contribution in [-0.4, -0.2) is 22.4 Å². The Kier molecular flexibility index (Phi) is 4.46. The van der Waals surface area contributed by atoms with Crippen LogP contribution < -0.4 is 11.1 Å². The number of unbranched alkanes of at least 4 members (excludes halogenated alkanes) is 1. The fourth-order valence-electron chi connectivity index (χ4n) is 1.34. The van der Waals surface area contributed by atoms with Gasteiger partial charge in [0.05, 0.1) is 11.9 Å². The highest BCUT2D eigenvalue weighted by Crippen LogP contribution is 2.04. The lowest BCUT2D eigenvalue weighted by Gasteiger charge is -2.05. The number of anilines is 1. The molecule has 3 N–H and O–H groups in total. The Morgan fingerprint density at radius 1 is 1.57 bits per heavy atom. The van der Waals surface area contributed by atoms with Gasteiger partial charge in [-0.15, -0.1) is 0 Å². The van der Waals surface area contributed by atoms with Gasteiger partial charge in [0.1, 0.15) is 0 Å². The zero-order chi connectivity index (χ0) is 10.4. The van der Waals surface area contributed by atoms with Gasteiger partial charge in [-0.05, 0) is 19.8 Å². The molecule has 0 aliphatic carbocycles. The van der Waals surface area contributed by atoms with Gasteiger partial charge < -0.3 is 11.1 Å². The molecule has 0 aliphatic heterocycles. The molecule has 80 valence electrons. The summed E-state index contributed by atoms with van der Waals surface area (Å²) in [5, 5.41) is 7.39. The quantitative estimate of drug-likeness (QED) is 0.675. The monoisotopic (exact) mass is 196 g/mol. The molecular weight excluding hydrogens is 176 g/mol. The molecule has 1 heterocycles. The minimum absolute atomic E-state index is 0.327. The van der Waals surface area contributed by atoms with Crippen LogP contribution in [0, 0.1) is 0 Å². The first-order valence-corrected chi connectivity index (χ1v) is 5.16. The van der Waals surface area contributed by atoms with Gasteiger partial charge in [0.25, 0.3) is 0 Å². The molecule has 0 saturated heterocycles. The fraction of sp³-hybridized carbons (Fsp3) is 0.700. The summed E-state index contributed by atoms with van der Waals surface area (Å²) < 4.78 is 1.80. The fourth-order valence-corrected chi connectivity index (χ4v) is 1.34. The van der Waals surface area contributed by atoms with Gasteiger partial charge in [0.2, 0.25) is 0 Å². The molecule has 4 nitrogen and oxygen atoms in total. The Bertz CT molecular complexity index is 254. The lowest BCUT2D eigenvalue weighted by Crippen LogP contribution is -2.14. The average molecular weight is 196 g/mol. The van der Waals surface area contributed by atoms with E-state index in [1.807, 2.05) is 19.4 Å². The van der Waals surface area contributed by atoms with E-state index in [-0.39, 0.29) is 0 Å². The molecule has 4 heteroatoms. The standard InChI is InChI=1S/C10H20N4/c1-9(11)5-3-4-6-12-10-7-13-14(2)8-10/h7-9,12H,3-6,11H2,1-2H3. The molecule has 1 aromatic rings. The van der Waals surface area contributed by atoms with Gasteiger partial charge >= 0.3 is 0 Å². The summed E-state index contributed by atoms with van der Waals surface area (Å²) in [4.78, 5) is 0. The first-order chi connectivity index (χ1) is 6.68. The number of aromatic nitrogens is 2. The number of nitrogens with two attached hydrogens (primary N) is 1. The molecular formula is C10H20N4. The molecule has 0 radical (unpaired) electrons. The van der Waals surface area contributed by atoms with Crippen LogP contribution in [0.5, 0.6) is 0 Å². The summed E-state index contributed by atoms with van der Waals surface area (Å²) in [5.74, 6) is 0. The number of aryl methyl sites for hydroxylation is 1. The van der Waals surface area contributed by atoms with Crippen LogP contribution in [0.4, 0.5) is 5.69 Å². The molecule has 0 saturated carbocycles. The lowest BCUT2D eigenvalue weighted by atomic mass is 10.1. The van der Waals surface area contributed by atoms with E-state index in [1.54, 1.807) is 4.68 Å². The molecule has 0 spiro atoms. The third-order valence-electron chi connectivity index (χ3n) is 2.12. The SMILES string of the molecule is CC(N)CCCCNc1cnn(C)c1. The maximum absolute atomic E-state index is 5.66. The van der Waals surface area contributed by atoms with Crippen LogP contribution in [0.15, 0.2) is 12.4 Å². The van der Waals surface area contributed by atoms with Crippen LogP contribution in [0.25, 0.3) is 0 Å². The predicted molar refractivity (Wildman–Crippen MR) is 59.2 cm³/mol. The van der Waals surface area contributed by atoms with Crippen molar-refractivity contribution < 1.29 is 0 Å². The van der Waals surface area contributed by atoms with Gasteiger partial charge in [-0.1, -0.05) is 6.42 Å². The predicted octanol–water partition coefficient (Wildman–Crippen LogP) is 1.35. The largest absolute Gasteiger partial charge is 0.383 e. The number of nitrogens with one attached hydrogen (secondary N) is 1. The highest BCUT2D eigenvalue weighted by molar-refractivity contribution is 5.37. The van der Waals surface area contributed by atoms with Crippen LogP contribution in [-0.2, 0) is 7.05 Å². The van der Waals surface area contributed by atoms with E-state index >= 15 is 0 Å². The average Bonchev–Trinajstić information content (AvgIpc) is 2.50. The van der Waals surface area contributed by atoms with Crippen molar-refractivity contribution in [2.75, 3.05) is 11.9 Å². The van der Waals surface area contributed by atoms with Crippen molar-refractivity contribution in [3.05, 3.63) is 12.4 Å². The topological polar surface area (TPSA) is 55.9 Å². The maximum atomic E-state index is 5.66. The summed E-state index contributed by atoms with van der Waals surface area (Å²) in [5.41, 5.74) is 6.75. The van der Waals surface area contributed by atoms with Crippen molar-refractivity contribution in [1.29, 1.82) is 0 Å². The van der Waals surface area contributed by atoms with Crippen molar-refractivity contribution >= 4 is 5.69 Å². The molecule has 1 aromatic heterocycles. The van der Waals surface area contributed by atoms with Gasteiger partial charge in [-0.2, -0.15) is 5.10 Å². The molecule has 0 amide bonds. The van der Waals surface area contributed by atoms with E-state index in [0.717, 1.165) is 25.1 Å². The molecule has 1 atom stereocenters. The normalized spacial score (nSPS) is 12.8. The highest BCUT2D eigenvalue weighted by atomic mass is 15.3. The minimum atomic E-state index is 0.327. The molecule has 0 aromatic carbocycles. The van der Waals surface area contributed by atoms with Crippen LogP contribution in [0.1, 0.15) is 26.2 Å². The maximum Gasteiger partial charge on any atom is 0.0726 e. The second kappa shape index (κ2) is 5.65. The first-order valence-electron chi connectivity index (χ1n) is 5.16. The summed E-state index contributed by atoms with van der Waals surface area (Å²) in [6.45, 7) is 3.05. The van der Waals surface area contributed by atoms with Crippen molar-refractivity contribution in [2.45, 2.75) is 32.2 Å². The van der Waals surface area contributed by atoms with Crippen LogP contribution in [0.3, 0.4) is 0 Å².